The van der Waals surface area contributed by atoms with Gasteiger partial charge >= 0.3 is 5.97 Å². The van der Waals surface area contributed by atoms with Crippen molar-refractivity contribution in [3.8, 4) is 0 Å². The van der Waals surface area contributed by atoms with E-state index in [-0.39, 0.29) is 0 Å². The molecular formula is C11H10ClNO2. The molecule has 15 heavy (non-hydrogen) atoms. The van der Waals surface area contributed by atoms with Gasteiger partial charge in [0.1, 0.15) is 0 Å². The summed E-state index contributed by atoms with van der Waals surface area (Å²) < 4.78 is 0. The van der Waals surface area contributed by atoms with Crippen LogP contribution in [0.15, 0.2) is 24.3 Å². The number of fused-ring (bicyclic) bond motifs is 1. The van der Waals surface area contributed by atoms with Gasteiger partial charge in [-0.1, -0.05) is 18.2 Å². The molecule has 3 nitrogen and oxygen atoms in total. The fourth-order valence-corrected chi connectivity index (χ4v) is 2.03. The fourth-order valence-electron chi connectivity index (χ4n) is 1.75. The molecule has 0 aliphatic rings. The maximum atomic E-state index is 10.8. The molecule has 1 heterocycles. The van der Waals surface area contributed by atoms with Gasteiger partial charge < -0.3 is 10.1 Å². The number of nitrogens with one attached hydrogen (secondary N) is 1. The minimum Gasteiger partial charge on any atom is -0.480 e. The lowest BCUT2D eigenvalue weighted by Crippen LogP contribution is -2.05. The minimum absolute atomic E-state index is 0.653. The molecule has 78 valence electrons. The van der Waals surface area contributed by atoms with Crippen LogP contribution < -0.4 is 0 Å². The molecule has 2 aromatic rings. The summed E-state index contributed by atoms with van der Waals surface area (Å²) in [5, 5.41) is 8.77. The highest BCUT2D eigenvalue weighted by Gasteiger charge is 2.22. The summed E-state index contributed by atoms with van der Waals surface area (Å²) in [4.78, 5) is 14.0. The molecule has 4 heteroatoms. The van der Waals surface area contributed by atoms with Crippen molar-refractivity contribution < 1.29 is 9.90 Å². The molecular weight excluding hydrogens is 214 g/mol. The molecule has 1 unspecified atom stereocenters. The van der Waals surface area contributed by atoms with Crippen LogP contribution in [-0.4, -0.2) is 16.1 Å². The number of aryl methyl sites for hydroxylation is 1. The molecule has 2 N–H and O–H groups in total. The standard InChI is InChI=1S/C11H10ClNO2/c1-6-9(10(12)11(14)15)7-4-2-3-5-8(7)13-6/h2-5,10,13H,1H3,(H,14,15). The maximum absolute atomic E-state index is 10.8. The van der Waals surface area contributed by atoms with Crippen molar-refractivity contribution in [1.29, 1.82) is 0 Å². The van der Waals surface area contributed by atoms with Crippen molar-refractivity contribution in [2.45, 2.75) is 12.3 Å². The van der Waals surface area contributed by atoms with Crippen molar-refractivity contribution in [2.24, 2.45) is 0 Å². The number of aromatic amines is 1. The number of benzene rings is 1. The van der Waals surface area contributed by atoms with Gasteiger partial charge in [-0.25, -0.2) is 0 Å². The Hall–Kier alpha value is -1.48. The Morgan fingerprint density at radius 3 is 2.80 bits per heavy atom. The summed E-state index contributed by atoms with van der Waals surface area (Å²) in [5.74, 6) is -1.02. The van der Waals surface area contributed by atoms with Crippen molar-refractivity contribution in [1.82, 2.24) is 4.98 Å². The molecule has 0 radical (unpaired) electrons. The lowest BCUT2D eigenvalue weighted by atomic mass is 10.1. The Labute approximate surface area is 91.7 Å². The first kappa shape index (κ1) is 10.1. The van der Waals surface area contributed by atoms with Gasteiger partial charge in [-0.3, -0.25) is 4.79 Å². The molecule has 0 amide bonds. The lowest BCUT2D eigenvalue weighted by molar-refractivity contribution is -0.136. The van der Waals surface area contributed by atoms with Crippen LogP contribution in [0.4, 0.5) is 0 Å². The number of carbonyl (C=O) groups is 1. The maximum Gasteiger partial charge on any atom is 0.326 e. The summed E-state index contributed by atoms with van der Waals surface area (Å²) in [7, 11) is 0. The van der Waals surface area contributed by atoms with Crippen LogP contribution in [-0.2, 0) is 4.79 Å². The highest BCUT2D eigenvalue weighted by Crippen LogP contribution is 2.31. The van der Waals surface area contributed by atoms with E-state index in [2.05, 4.69) is 4.98 Å². The zero-order valence-electron chi connectivity index (χ0n) is 8.12. The molecule has 0 fully saturated rings. The first-order chi connectivity index (χ1) is 7.11. The number of halogens is 1. The van der Waals surface area contributed by atoms with Crippen LogP contribution in [0.1, 0.15) is 16.6 Å². The number of hydrogen-bond acceptors (Lipinski definition) is 1. The van der Waals surface area contributed by atoms with Gasteiger partial charge in [0.15, 0.2) is 5.38 Å². The Kier molecular flexibility index (Phi) is 2.40. The number of aromatic nitrogens is 1. The molecule has 0 aliphatic heterocycles. The molecule has 2 rings (SSSR count). The predicted octanol–water partition coefficient (Wildman–Crippen LogP) is 2.84. The molecule has 0 saturated carbocycles. The van der Waals surface area contributed by atoms with E-state index in [4.69, 9.17) is 16.7 Å². The van der Waals surface area contributed by atoms with Gasteiger partial charge in [-0.05, 0) is 13.0 Å². The third-order valence-electron chi connectivity index (χ3n) is 2.41. The first-order valence-corrected chi connectivity index (χ1v) is 4.99. The first-order valence-electron chi connectivity index (χ1n) is 4.55. The SMILES string of the molecule is Cc1[nH]c2ccccc2c1C(Cl)C(=O)O. The monoisotopic (exact) mass is 223 g/mol. The Bertz CT molecular complexity index is 518. The molecule has 0 spiro atoms. The van der Waals surface area contributed by atoms with E-state index in [1.807, 2.05) is 31.2 Å². The minimum atomic E-state index is -1.02. The summed E-state index contributed by atoms with van der Waals surface area (Å²) in [6.07, 6.45) is 0. The van der Waals surface area contributed by atoms with Gasteiger partial charge in [0.05, 0.1) is 0 Å². The second-order valence-electron chi connectivity index (χ2n) is 3.41. The number of aliphatic carboxylic acids is 1. The predicted molar refractivity (Wildman–Crippen MR) is 59.3 cm³/mol. The Balaban J connectivity index is 2.68. The van der Waals surface area contributed by atoms with E-state index in [0.717, 1.165) is 16.6 Å². The zero-order valence-corrected chi connectivity index (χ0v) is 8.88. The summed E-state index contributed by atoms with van der Waals surface area (Å²) in [6, 6.07) is 7.53. The number of para-hydroxylation sites is 1. The van der Waals surface area contributed by atoms with E-state index in [9.17, 15) is 4.79 Å². The van der Waals surface area contributed by atoms with E-state index >= 15 is 0 Å². The average Bonchev–Trinajstić information content (AvgIpc) is 2.52. The van der Waals surface area contributed by atoms with Gasteiger partial charge in [-0.15, -0.1) is 11.6 Å². The zero-order chi connectivity index (χ0) is 11.0. The van der Waals surface area contributed by atoms with Crippen molar-refractivity contribution in [2.75, 3.05) is 0 Å². The third-order valence-corrected chi connectivity index (χ3v) is 2.82. The highest BCUT2D eigenvalue weighted by molar-refractivity contribution is 6.30. The topological polar surface area (TPSA) is 53.1 Å². The number of carboxylic acids is 1. The van der Waals surface area contributed by atoms with Crippen LogP contribution in [0.5, 0.6) is 0 Å². The fraction of sp³-hybridized carbons (Fsp3) is 0.182. The van der Waals surface area contributed by atoms with Gasteiger partial charge in [0, 0.05) is 22.2 Å². The molecule has 0 aliphatic carbocycles. The number of rotatable bonds is 2. The smallest absolute Gasteiger partial charge is 0.326 e. The number of carboxylic acid groups (broad SMARTS) is 1. The summed E-state index contributed by atoms with van der Waals surface area (Å²) >= 11 is 5.85. The van der Waals surface area contributed by atoms with Crippen LogP contribution in [0.3, 0.4) is 0 Å². The van der Waals surface area contributed by atoms with Crippen LogP contribution in [0.2, 0.25) is 0 Å². The quantitative estimate of drug-likeness (QED) is 0.770. The number of hydrogen-bond donors (Lipinski definition) is 2. The molecule has 1 aromatic heterocycles. The largest absolute Gasteiger partial charge is 0.480 e. The van der Waals surface area contributed by atoms with E-state index in [0.29, 0.717) is 5.56 Å². The van der Waals surface area contributed by atoms with E-state index in [1.54, 1.807) is 0 Å². The summed E-state index contributed by atoms with van der Waals surface area (Å²) in [5.41, 5.74) is 2.37. The van der Waals surface area contributed by atoms with Crippen LogP contribution >= 0.6 is 11.6 Å². The van der Waals surface area contributed by atoms with E-state index in [1.165, 1.54) is 0 Å². The van der Waals surface area contributed by atoms with Crippen LogP contribution in [0.25, 0.3) is 10.9 Å². The molecule has 1 atom stereocenters. The molecule has 0 bridgehead atoms. The lowest BCUT2D eigenvalue weighted by Gasteiger charge is -2.03. The summed E-state index contributed by atoms with van der Waals surface area (Å²) in [6.45, 7) is 1.83. The Morgan fingerprint density at radius 2 is 2.13 bits per heavy atom. The van der Waals surface area contributed by atoms with Crippen molar-refractivity contribution in [3.05, 3.63) is 35.5 Å². The average molecular weight is 224 g/mol. The number of alkyl halides is 1. The molecule has 0 saturated heterocycles. The number of H-pyrrole nitrogens is 1. The van der Waals surface area contributed by atoms with Gasteiger partial charge in [0.25, 0.3) is 0 Å². The van der Waals surface area contributed by atoms with E-state index < -0.39 is 11.3 Å². The second-order valence-corrected chi connectivity index (χ2v) is 3.85. The second kappa shape index (κ2) is 3.59. The van der Waals surface area contributed by atoms with Crippen LogP contribution in [0, 0.1) is 6.92 Å². The van der Waals surface area contributed by atoms with Crippen molar-refractivity contribution in [3.63, 3.8) is 0 Å². The van der Waals surface area contributed by atoms with Gasteiger partial charge in [0.2, 0.25) is 0 Å². The van der Waals surface area contributed by atoms with Crippen molar-refractivity contribution >= 4 is 28.5 Å². The normalized spacial score (nSPS) is 12.9. The molecule has 1 aromatic carbocycles. The van der Waals surface area contributed by atoms with Gasteiger partial charge in [-0.2, -0.15) is 0 Å². The third kappa shape index (κ3) is 1.59. The highest BCUT2D eigenvalue weighted by atomic mass is 35.5. The Morgan fingerprint density at radius 1 is 1.47 bits per heavy atom.